The van der Waals surface area contributed by atoms with Crippen molar-refractivity contribution in [3.63, 3.8) is 0 Å². The van der Waals surface area contributed by atoms with Gasteiger partial charge in [0.15, 0.2) is 0 Å². The number of anilines is 1. The Labute approximate surface area is 93.3 Å². The Balaban J connectivity index is 1.73. The highest BCUT2D eigenvalue weighted by molar-refractivity contribution is 5.91. The van der Waals surface area contributed by atoms with Crippen molar-refractivity contribution in [2.45, 2.75) is 12.8 Å². The van der Waals surface area contributed by atoms with Crippen LogP contribution in [0.4, 0.5) is 10.2 Å². The number of amides is 1. The van der Waals surface area contributed by atoms with E-state index in [-0.39, 0.29) is 18.3 Å². The van der Waals surface area contributed by atoms with Crippen molar-refractivity contribution >= 4 is 11.7 Å². The molecule has 4 nitrogen and oxygen atoms in total. The lowest BCUT2D eigenvalue weighted by Crippen LogP contribution is -2.29. The number of carbonyl (C=O) groups is 1. The SMILES string of the molecule is O=C(CNCC1CC1)Nc1cccc(F)n1. The van der Waals surface area contributed by atoms with Gasteiger partial charge in [-0.1, -0.05) is 6.07 Å². The van der Waals surface area contributed by atoms with Gasteiger partial charge >= 0.3 is 0 Å². The van der Waals surface area contributed by atoms with Crippen LogP contribution in [0.5, 0.6) is 0 Å². The van der Waals surface area contributed by atoms with Gasteiger partial charge in [-0.25, -0.2) is 4.98 Å². The molecule has 1 aromatic heterocycles. The van der Waals surface area contributed by atoms with Crippen LogP contribution >= 0.6 is 0 Å². The molecule has 1 fully saturated rings. The molecule has 2 N–H and O–H groups in total. The molecule has 5 heteroatoms. The van der Waals surface area contributed by atoms with Gasteiger partial charge in [-0.15, -0.1) is 0 Å². The van der Waals surface area contributed by atoms with Crippen LogP contribution in [-0.2, 0) is 4.79 Å². The van der Waals surface area contributed by atoms with E-state index in [1.165, 1.54) is 25.0 Å². The monoisotopic (exact) mass is 223 g/mol. The van der Waals surface area contributed by atoms with E-state index in [4.69, 9.17) is 0 Å². The summed E-state index contributed by atoms with van der Waals surface area (Å²) in [7, 11) is 0. The Morgan fingerprint density at radius 2 is 2.31 bits per heavy atom. The predicted molar refractivity (Wildman–Crippen MR) is 58.4 cm³/mol. The van der Waals surface area contributed by atoms with Crippen molar-refractivity contribution in [2.24, 2.45) is 5.92 Å². The molecule has 0 spiro atoms. The first-order valence-corrected chi connectivity index (χ1v) is 5.37. The van der Waals surface area contributed by atoms with Crippen molar-refractivity contribution in [3.05, 3.63) is 24.1 Å². The summed E-state index contributed by atoms with van der Waals surface area (Å²) in [5, 5.41) is 5.57. The highest BCUT2D eigenvalue weighted by Gasteiger charge is 2.20. The number of nitrogens with one attached hydrogen (secondary N) is 2. The maximum Gasteiger partial charge on any atom is 0.239 e. The van der Waals surface area contributed by atoms with E-state index in [1.54, 1.807) is 6.07 Å². The van der Waals surface area contributed by atoms with Crippen LogP contribution < -0.4 is 10.6 Å². The molecule has 1 amide bonds. The summed E-state index contributed by atoms with van der Waals surface area (Å²) in [6.45, 7) is 1.12. The topological polar surface area (TPSA) is 54.0 Å². The standard InChI is InChI=1S/C11H14FN3O/c12-9-2-1-3-10(14-9)15-11(16)7-13-6-8-4-5-8/h1-3,8,13H,4-7H2,(H,14,15,16). The number of hydrogen-bond acceptors (Lipinski definition) is 3. The first-order chi connectivity index (χ1) is 7.74. The molecule has 0 bridgehead atoms. The molecule has 2 rings (SSSR count). The van der Waals surface area contributed by atoms with E-state index in [0.29, 0.717) is 0 Å². The zero-order valence-corrected chi connectivity index (χ0v) is 8.87. The normalized spacial score (nSPS) is 14.8. The zero-order valence-electron chi connectivity index (χ0n) is 8.87. The molecule has 1 heterocycles. The van der Waals surface area contributed by atoms with Gasteiger partial charge < -0.3 is 10.6 Å². The van der Waals surface area contributed by atoms with E-state index >= 15 is 0 Å². The van der Waals surface area contributed by atoms with Crippen LogP contribution in [0.3, 0.4) is 0 Å². The van der Waals surface area contributed by atoms with E-state index < -0.39 is 5.95 Å². The lowest BCUT2D eigenvalue weighted by Gasteiger charge is -2.05. The van der Waals surface area contributed by atoms with Gasteiger partial charge in [0.05, 0.1) is 6.54 Å². The number of nitrogens with zero attached hydrogens (tertiary/aromatic N) is 1. The minimum Gasteiger partial charge on any atom is -0.309 e. The lowest BCUT2D eigenvalue weighted by molar-refractivity contribution is -0.115. The molecule has 0 aromatic carbocycles. The maximum atomic E-state index is 12.7. The fourth-order valence-corrected chi connectivity index (χ4v) is 1.38. The summed E-state index contributed by atoms with van der Waals surface area (Å²) in [6, 6.07) is 4.30. The number of hydrogen-bond donors (Lipinski definition) is 2. The van der Waals surface area contributed by atoms with E-state index in [2.05, 4.69) is 15.6 Å². The third-order valence-electron chi connectivity index (χ3n) is 2.40. The van der Waals surface area contributed by atoms with Crippen molar-refractivity contribution < 1.29 is 9.18 Å². The van der Waals surface area contributed by atoms with Gasteiger partial charge in [-0.3, -0.25) is 4.79 Å². The highest BCUT2D eigenvalue weighted by Crippen LogP contribution is 2.27. The van der Waals surface area contributed by atoms with Crippen LogP contribution in [0.15, 0.2) is 18.2 Å². The molecular weight excluding hydrogens is 209 g/mol. The average Bonchev–Trinajstić information content (AvgIpc) is 3.01. The Bertz CT molecular complexity index is 379. The summed E-state index contributed by atoms with van der Waals surface area (Å²) in [4.78, 5) is 14.9. The minimum absolute atomic E-state index is 0.196. The predicted octanol–water partition coefficient (Wildman–Crippen LogP) is 1.16. The van der Waals surface area contributed by atoms with Gasteiger partial charge in [-0.2, -0.15) is 4.39 Å². The van der Waals surface area contributed by atoms with Gasteiger partial charge in [0.2, 0.25) is 11.9 Å². The Kier molecular flexibility index (Phi) is 3.46. The molecular formula is C11H14FN3O. The van der Waals surface area contributed by atoms with Crippen molar-refractivity contribution in [1.29, 1.82) is 0 Å². The van der Waals surface area contributed by atoms with Crippen molar-refractivity contribution in [1.82, 2.24) is 10.3 Å². The lowest BCUT2D eigenvalue weighted by atomic mass is 10.4. The highest BCUT2D eigenvalue weighted by atomic mass is 19.1. The third-order valence-corrected chi connectivity index (χ3v) is 2.40. The Hall–Kier alpha value is -1.49. The second-order valence-corrected chi connectivity index (χ2v) is 3.97. The molecule has 1 aliphatic rings. The summed E-state index contributed by atoms with van der Waals surface area (Å²) in [5.74, 6) is 0.195. The number of aromatic nitrogens is 1. The van der Waals surface area contributed by atoms with Crippen LogP contribution in [0.2, 0.25) is 0 Å². The fraction of sp³-hybridized carbons (Fsp3) is 0.455. The summed E-state index contributed by atoms with van der Waals surface area (Å²) in [6.07, 6.45) is 2.50. The third kappa shape index (κ3) is 3.58. The number of rotatable bonds is 5. The van der Waals surface area contributed by atoms with Crippen LogP contribution in [0, 0.1) is 11.9 Å². The first kappa shape index (κ1) is 11.0. The van der Waals surface area contributed by atoms with Gasteiger partial charge in [0, 0.05) is 0 Å². The number of carbonyl (C=O) groups excluding carboxylic acids is 1. The average molecular weight is 223 g/mol. The molecule has 0 unspecified atom stereocenters. The van der Waals surface area contributed by atoms with Crippen LogP contribution in [-0.4, -0.2) is 24.0 Å². The second kappa shape index (κ2) is 5.03. The second-order valence-electron chi connectivity index (χ2n) is 3.97. The quantitative estimate of drug-likeness (QED) is 0.736. The molecule has 1 aliphatic carbocycles. The maximum absolute atomic E-state index is 12.7. The summed E-state index contributed by atoms with van der Waals surface area (Å²) >= 11 is 0. The van der Waals surface area contributed by atoms with Gasteiger partial charge in [0.25, 0.3) is 0 Å². The summed E-state index contributed by atoms with van der Waals surface area (Å²) < 4.78 is 12.7. The number of halogens is 1. The smallest absolute Gasteiger partial charge is 0.239 e. The van der Waals surface area contributed by atoms with E-state index in [1.807, 2.05) is 0 Å². The molecule has 0 atom stereocenters. The number of pyridine rings is 1. The van der Waals surface area contributed by atoms with Crippen molar-refractivity contribution in [3.8, 4) is 0 Å². The van der Waals surface area contributed by atoms with E-state index in [0.717, 1.165) is 12.5 Å². The Morgan fingerprint density at radius 1 is 1.50 bits per heavy atom. The van der Waals surface area contributed by atoms with Crippen molar-refractivity contribution in [2.75, 3.05) is 18.4 Å². The first-order valence-electron chi connectivity index (χ1n) is 5.37. The summed E-state index contributed by atoms with van der Waals surface area (Å²) in [5.41, 5.74) is 0. The Morgan fingerprint density at radius 3 is 3.00 bits per heavy atom. The van der Waals surface area contributed by atoms with Gasteiger partial charge in [0.1, 0.15) is 5.82 Å². The fourth-order valence-electron chi connectivity index (χ4n) is 1.38. The van der Waals surface area contributed by atoms with Gasteiger partial charge in [-0.05, 0) is 37.4 Å². The zero-order chi connectivity index (χ0) is 11.4. The molecule has 0 radical (unpaired) electrons. The molecule has 0 saturated heterocycles. The van der Waals surface area contributed by atoms with Crippen LogP contribution in [0.25, 0.3) is 0 Å². The molecule has 1 saturated carbocycles. The largest absolute Gasteiger partial charge is 0.309 e. The van der Waals surface area contributed by atoms with E-state index in [9.17, 15) is 9.18 Å². The minimum atomic E-state index is -0.594. The molecule has 1 aromatic rings. The molecule has 86 valence electrons. The molecule has 16 heavy (non-hydrogen) atoms. The molecule has 0 aliphatic heterocycles. The van der Waals surface area contributed by atoms with Crippen LogP contribution in [0.1, 0.15) is 12.8 Å².